The van der Waals surface area contributed by atoms with Gasteiger partial charge in [-0.05, 0) is 92.3 Å². The average molecular weight is 488 g/mol. The summed E-state index contributed by atoms with van der Waals surface area (Å²) in [6, 6.07) is 0.551. The van der Waals surface area contributed by atoms with E-state index in [1.807, 2.05) is 0 Å². The van der Waals surface area contributed by atoms with Crippen molar-refractivity contribution in [2.24, 2.45) is 45.8 Å². The predicted molar refractivity (Wildman–Crippen MR) is 137 cm³/mol. The number of aliphatic hydroxyl groups is 1. The Kier molecular flexibility index (Phi) is 4.93. The number of halogens is 1. The van der Waals surface area contributed by atoms with Gasteiger partial charge in [-0.2, -0.15) is 0 Å². The van der Waals surface area contributed by atoms with E-state index in [-0.39, 0.29) is 11.7 Å². The van der Waals surface area contributed by atoms with Gasteiger partial charge in [0, 0.05) is 36.3 Å². The number of ether oxygens (including phenoxy) is 1. The van der Waals surface area contributed by atoms with Gasteiger partial charge in [-0.1, -0.05) is 39.3 Å². The molecule has 0 aromatic heterocycles. The van der Waals surface area contributed by atoms with Crippen molar-refractivity contribution in [2.45, 2.75) is 109 Å². The van der Waals surface area contributed by atoms with Crippen molar-refractivity contribution in [1.82, 2.24) is 4.90 Å². The summed E-state index contributed by atoms with van der Waals surface area (Å²) in [7, 11) is 0. The fourth-order valence-electron chi connectivity index (χ4n) is 11.8. The first-order valence-corrected chi connectivity index (χ1v) is 15.1. The molecule has 190 valence electrons. The topological polar surface area (TPSA) is 32.7 Å². The molecule has 7 rings (SSSR count). The van der Waals surface area contributed by atoms with Crippen LogP contribution in [0.3, 0.4) is 0 Å². The van der Waals surface area contributed by atoms with E-state index in [4.69, 9.17) is 16.3 Å². The fraction of sp³-hybridized carbons (Fsp3) is 0.933. The Balaban J connectivity index is 1.21. The van der Waals surface area contributed by atoms with Gasteiger partial charge >= 0.3 is 0 Å². The van der Waals surface area contributed by atoms with Crippen LogP contribution >= 0.6 is 11.6 Å². The first kappa shape index (κ1) is 23.1. The maximum Gasteiger partial charge on any atom is 0.0787 e. The van der Waals surface area contributed by atoms with Crippen LogP contribution < -0.4 is 0 Å². The molecule has 4 heteroatoms. The molecule has 6 fully saturated rings. The van der Waals surface area contributed by atoms with Gasteiger partial charge in [0.1, 0.15) is 0 Å². The Hall–Kier alpha value is -0.0900. The van der Waals surface area contributed by atoms with Crippen molar-refractivity contribution < 1.29 is 9.84 Å². The molecule has 12 atom stereocenters. The van der Waals surface area contributed by atoms with Gasteiger partial charge in [-0.25, -0.2) is 0 Å². The van der Waals surface area contributed by atoms with Crippen molar-refractivity contribution in [3.05, 3.63) is 11.6 Å². The number of rotatable bonds is 2. The Morgan fingerprint density at radius 3 is 2.79 bits per heavy atom. The lowest BCUT2D eigenvalue weighted by Crippen LogP contribution is -2.54. The molecule has 2 aliphatic heterocycles. The molecule has 0 aromatic carbocycles. The largest absolute Gasteiger partial charge is 0.393 e. The predicted octanol–water partition coefficient (Wildman–Crippen LogP) is 6.03. The molecule has 0 bridgehead atoms. The van der Waals surface area contributed by atoms with Crippen molar-refractivity contribution >= 4 is 11.6 Å². The van der Waals surface area contributed by atoms with Gasteiger partial charge in [0.25, 0.3) is 0 Å². The zero-order valence-corrected chi connectivity index (χ0v) is 22.6. The lowest BCUT2D eigenvalue weighted by Gasteiger charge is -2.50. The van der Waals surface area contributed by atoms with Gasteiger partial charge in [-0.3, -0.25) is 4.90 Å². The summed E-state index contributed by atoms with van der Waals surface area (Å²) in [5, 5.41) is 10.4. The molecule has 1 N–H and O–H groups in total. The summed E-state index contributed by atoms with van der Waals surface area (Å²) < 4.78 is 7.38. The van der Waals surface area contributed by atoms with Crippen molar-refractivity contribution in [1.29, 1.82) is 0 Å². The van der Waals surface area contributed by atoms with Crippen molar-refractivity contribution in [2.75, 3.05) is 19.0 Å². The summed E-state index contributed by atoms with van der Waals surface area (Å²) in [5.41, 5.74) is 2.81. The van der Waals surface area contributed by atoms with E-state index in [2.05, 4.69) is 38.7 Å². The standard InChI is InChI=1S/C30H46ClNO2/c1-18-13-25-26(32(16-18)12-11-31)19(2)30(34-25)10-8-23-22-6-5-20-14-21(33)7-9-27(20,3)24(22)15-29(23)17-28(29,30)4/h5,18-19,21-26,33H,6-17H2,1-4H3/t18-,19+,21-,22?,23-,24-,25+,26-,27-,28+,29+,30+/m0/s1. The normalized spacial score (nSPS) is 60.1. The lowest BCUT2D eigenvalue weighted by atomic mass is 9.56. The maximum atomic E-state index is 10.4. The second-order valence-electron chi connectivity index (χ2n) is 14.4. The molecule has 2 saturated heterocycles. The van der Waals surface area contributed by atoms with Crippen LogP contribution in [0.25, 0.3) is 0 Å². The van der Waals surface area contributed by atoms with Gasteiger partial charge in [0.05, 0.1) is 17.8 Å². The highest BCUT2D eigenvalue weighted by atomic mass is 35.5. The molecule has 0 aromatic rings. The number of fused-ring (bicyclic) bond motifs is 6. The monoisotopic (exact) mass is 487 g/mol. The summed E-state index contributed by atoms with van der Waals surface area (Å²) in [4.78, 5) is 2.70. The van der Waals surface area contributed by atoms with E-state index in [1.54, 1.807) is 5.57 Å². The van der Waals surface area contributed by atoms with Crippen LogP contribution in [0.2, 0.25) is 0 Å². The minimum atomic E-state index is -0.110. The number of aliphatic hydroxyl groups excluding tert-OH is 1. The molecule has 2 spiro atoms. The van der Waals surface area contributed by atoms with Crippen LogP contribution in [0.5, 0.6) is 0 Å². The van der Waals surface area contributed by atoms with Gasteiger partial charge < -0.3 is 9.84 Å². The second-order valence-corrected chi connectivity index (χ2v) is 14.8. The third kappa shape index (κ3) is 2.62. The highest BCUT2D eigenvalue weighted by molar-refractivity contribution is 6.18. The zero-order valence-electron chi connectivity index (χ0n) is 21.9. The van der Waals surface area contributed by atoms with E-state index in [9.17, 15) is 5.11 Å². The fourth-order valence-corrected chi connectivity index (χ4v) is 12.0. The molecule has 1 unspecified atom stereocenters. The quantitative estimate of drug-likeness (QED) is 0.381. The highest BCUT2D eigenvalue weighted by Gasteiger charge is 2.84. The van der Waals surface area contributed by atoms with E-state index in [1.165, 1.54) is 51.5 Å². The molecular formula is C30H46ClNO2. The summed E-state index contributed by atoms with van der Waals surface area (Å²) in [6.45, 7) is 12.4. The Morgan fingerprint density at radius 1 is 1.18 bits per heavy atom. The Labute approximate surface area is 212 Å². The molecule has 34 heavy (non-hydrogen) atoms. The maximum absolute atomic E-state index is 10.4. The smallest absolute Gasteiger partial charge is 0.0787 e. The number of piperidine rings is 1. The van der Waals surface area contributed by atoms with E-state index in [0.717, 1.165) is 43.0 Å². The molecule has 3 nitrogen and oxygen atoms in total. The first-order valence-electron chi connectivity index (χ1n) is 14.5. The highest BCUT2D eigenvalue weighted by Crippen LogP contribution is 2.87. The van der Waals surface area contributed by atoms with Crippen LogP contribution in [0.1, 0.15) is 85.5 Å². The van der Waals surface area contributed by atoms with Crippen LogP contribution in [0, 0.1) is 45.8 Å². The minimum Gasteiger partial charge on any atom is -0.393 e. The zero-order chi connectivity index (χ0) is 23.7. The van der Waals surface area contributed by atoms with Gasteiger partial charge in [-0.15, -0.1) is 11.6 Å². The summed E-state index contributed by atoms with van der Waals surface area (Å²) in [5.74, 6) is 4.57. The Bertz CT molecular complexity index is 906. The average Bonchev–Trinajstić information content (AvgIpc) is 3.13. The van der Waals surface area contributed by atoms with E-state index < -0.39 is 0 Å². The minimum absolute atomic E-state index is 0.0564. The SMILES string of the molecule is C[C@H]1C[C@H]2O[C@]3(CC[C@H]4C5CC=C6C[C@@H](O)CC[C@]6(C)[C@H]5C[C@@]45C[C@]53C)[C@H](C)[C@@H]2N(CCCl)C1. The Morgan fingerprint density at radius 2 is 2.00 bits per heavy atom. The second kappa shape index (κ2) is 7.27. The third-order valence-corrected chi connectivity index (χ3v) is 13.5. The number of alkyl halides is 1. The number of likely N-dealkylation sites (tertiary alicyclic amines) is 1. The number of allylic oxidation sites excluding steroid dienone is 1. The van der Waals surface area contributed by atoms with Crippen molar-refractivity contribution in [3.8, 4) is 0 Å². The number of nitrogens with zero attached hydrogens (tertiary/aromatic N) is 1. The lowest BCUT2D eigenvalue weighted by molar-refractivity contribution is -0.148. The molecule has 4 saturated carbocycles. The van der Waals surface area contributed by atoms with Crippen LogP contribution in [-0.4, -0.2) is 52.8 Å². The number of hydrogen-bond donors (Lipinski definition) is 1. The van der Waals surface area contributed by atoms with E-state index in [0.29, 0.717) is 40.2 Å². The number of hydrogen-bond acceptors (Lipinski definition) is 3. The molecule has 5 aliphatic carbocycles. The molecule has 0 amide bonds. The van der Waals surface area contributed by atoms with Gasteiger partial charge in [0.15, 0.2) is 0 Å². The molecule has 7 aliphatic rings. The third-order valence-electron chi connectivity index (χ3n) is 13.3. The molecule has 2 heterocycles. The molecular weight excluding hydrogens is 442 g/mol. The molecule has 0 radical (unpaired) electrons. The summed E-state index contributed by atoms with van der Waals surface area (Å²) in [6.07, 6.45) is 13.9. The van der Waals surface area contributed by atoms with Gasteiger partial charge in [0.2, 0.25) is 0 Å². The van der Waals surface area contributed by atoms with Crippen molar-refractivity contribution in [3.63, 3.8) is 0 Å². The van der Waals surface area contributed by atoms with Crippen LogP contribution in [0.4, 0.5) is 0 Å². The van der Waals surface area contributed by atoms with E-state index >= 15 is 0 Å². The van der Waals surface area contributed by atoms with Crippen LogP contribution in [-0.2, 0) is 4.74 Å². The summed E-state index contributed by atoms with van der Waals surface area (Å²) >= 11 is 6.28. The first-order chi connectivity index (χ1) is 16.2. The van der Waals surface area contributed by atoms with Crippen LogP contribution in [0.15, 0.2) is 11.6 Å².